The van der Waals surface area contributed by atoms with E-state index in [-0.39, 0.29) is 16.3 Å². The third-order valence-corrected chi connectivity index (χ3v) is 3.95. The standard InChI is InChI=1S/C12H11FN2O2S/c13-9-5-10(14)7-12(6-9)18(16,17)8-11-3-1-2-4-15-11/h1-7H,8,14H2. The number of nitrogen functional groups attached to an aromatic ring is 1. The molecule has 0 fully saturated rings. The van der Waals surface area contributed by atoms with E-state index in [0.717, 1.165) is 12.1 Å². The molecule has 0 aliphatic rings. The maximum absolute atomic E-state index is 13.1. The molecule has 0 bridgehead atoms. The second kappa shape index (κ2) is 4.73. The van der Waals surface area contributed by atoms with Gasteiger partial charge in [0.1, 0.15) is 5.82 Å². The van der Waals surface area contributed by atoms with Crippen molar-refractivity contribution in [2.75, 3.05) is 5.73 Å². The Morgan fingerprint density at radius 2 is 2.00 bits per heavy atom. The summed E-state index contributed by atoms with van der Waals surface area (Å²) in [5.41, 5.74) is 5.91. The first kappa shape index (κ1) is 12.5. The Morgan fingerprint density at radius 1 is 1.22 bits per heavy atom. The van der Waals surface area contributed by atoms with E-state index in [0.29, 0.717) is 5.69 Å². The number of hydrogen-bond donors (Lipinski definition) is 1. The number of hydrogen-bond acceptors (Lipinski definition) is 4. The van der Waals surface area contributed by atoms with Crippen molar-refractivity contribution in [3.05, 3.63) is 54.1 Å². The number of nitrogens with two attached hydrogens (primary N) is 1. The highest BCUT2D eigenvalue weighted by molar-refractivity contribution is 7.90. The summed E-state index contributed by atoms with van der Waals surface area (Å²) in [6.07, 6.45) is 1.50. The topological polar surface area (TPSA) is 73.1 Å². The molecule has 94 valence electrons. The highest BCUT2D eigenvalue weighted by atomic mass is 32.2. The Labute approximate surface area is 104 Å². The third kappa shape index (κ3) is 2.84. The fourth-order valence-electron chi connectivity index (χ4n) is 1.53. The van der Waals surface area contributed by atoms with Gasteiger partial charge in [0.25, 0.3) is 0 Å². The molecule has 1 aromatic carbocycles. The molecule has 2 rings (SSSR count). The number of benzene rings is 1. The van der Waals surface area contributed by atoms with E-state index in [1.807, 2.05) is 0 Å². The minimum absolute atomic E-state index is 0.0783. The van der Waals surface area contributed by atoms with Crippen LogP contribution in [-0.2, 0) is 15.6 Å². The van der Waals surface area contributed by atoms with Crippen LogP contribution >= 0.6 is 0 Å². The van der Waals surface area contributed by atoms with Crippen LogP contribution in [0.2, 0.25) is 0 Å². The highest BCUT2D eigenvalue weighted by Gasteiger charge is 2.17. The van der Waals surface area contributed by atoms with Gasteiger partial charge in [0.2, 0.25) is 0 Å². The summed E-state index contributed by atoms with van der Waals surface area (Å²) in [5.74, 6) is -0.953. The van der Waals surface area contributed by atoms with Crippen molar-refractivity contribution in [2.45, 2.75) is 10.6 Å². The molecule has 4 nitrogen and oxygen atoms in total. The third-order valence-electron chi connectivity index (χ3n) is 2.32. The number of anilines is 1. The van der Waals surface area contributed by atoms with Crippen molar-refractivity contribution in [2.24, 2.45) is 0 Å². The molecule has 1 aromatic heterocycles. The molecule has 0 aliphatic carbocycles. The van der Waals surface area contributed by atoms with E-state index in [2.05, 4.69) is 4.98 Å². The Morgan fingerprint density at radius 3 is 2.61 bits per heavy atom. The molecular weight excluding hydrogens is 255 g/mol. The Balaban J connectivity index is 2.37. The minimum atomic E-state index is -3.64. The number of rotatable bonds is 3. The van der Waals surface area contributed by atoms with Crippen LogP contribution in [0.1, 0.15) is 5.69 Å². The summed E-state index contributed by atoms with van der Waals surface area (Å²) in [4.78, 5) is 3.80. The lowest BCUT2D eigenvalue weighted by Crippen LogP contribution is -2.07. The largest absolute Gasteiger partial charge is 0.399 e. The van der Waals surface area contributed by atoms with Crippen LogP contribution in [0, 0.1) is 5.82 Å². The van der Waals surface area contributed by atoms with Crippen molar-refractivity contribution >= 4 is 15.5 Å². The molecule has 0 amide bonds. The molecule has 0 saturated carbocycles. The molecule has 0 spiro atoms. The van der Waals surface area contributed by atoms with Gasteiger partial charge in [-0.25, -0.2) is 12.8 Å². The number of halogens is 1. The van der Waals surface area contributed by atoms with E-state index in [4.69, 9.17) is 5.73 Å². The molecular formula is C12H11FN2O2S. The first-order valence-electron chi connectivity index (χ1n) is 5.16. The molecule has 0 unspecified atom stereocenters. The van der Waals surface area contributed by atoms with Crippen molar-refractivity contribution in [3.8, 4) is 0 Å². The van der Waals surface area contributed by atoms with Gasteiger partial charge in [0.15, 0.2) is 9.84 Å². The predicted molar refractivity (Wildman–Crippen MR) is 65.9 cm³/mol. The van der Waals surface area contributed by atoms with Gasteiger partial charge in [-0.3, -0.25) is 4.98 Å². The van der Waals surface area contributed by atoms with E-state index < -0.39 is 15.7 Å². The van der Waals surface area contributed by atoms with Gasteiger partial charge in [-0.05, 0) is 30.3 Å². The molecule has 2 N–H and O–H groups in total. The quantitative estimate of drug-likeness (QED) is 0.859. The monoisotopic (exact) mass is 266 g/mol. The highest BCUT2D eigenvalue weighted by Crippen LogP contribution is 2.19. The fourth-order valence-corrected chi connectivity index (χ4v) is 2.86. The average molecular weight is 266 g/mol. The van der Waals surface area contributed by atoms with E-state index in [1.54, 1.807) is 18.2 Å². The Bertz CT molecular complexity index is 637. The SMILES string of the molecule is Nc1cc(F)cc(S(=O)(=O)Cc2ccccn2)c1. The van der Waals surface area contributed by atoms with Gasteiger partial charge in [0.05, 0.1) is 16.3 Å². The van der Waals surface area contributed by atoms with E-state index >= 15 is 0 Å². The first-order chi connectivity index (χ1) is 8.47. The van der Waals surface area contributed by atoms with Gasteiger partial charge in [-0.2, -0.15) is 0 Å². The van der Waals surface area contributed by atoms with Gasteiger partial charge >= 0.3 is 0 Å². The van der Waals surface area contributed by atoms with E-state index in [1.165, 1.54) is 12.3 Å². The Hall–Kier alpha value is -1.95. The number of aromatic nitrogens is 1. The number of sulfone groups is 1. The predicted octanol–water partition coefficient (Wildman–Crippen LogP) is 1.78. The smallest absolute Gasteiger partial charge is 0.184 e. The Kier molecular flexibility index (Phi) is 3.29. The van der Waals surface area contributed by atoms with Crippen LogP contribution in [0.4, 0.5) is 10.1 Å². The van der Waals surface area contributed by atoms with Crippen LogP contribution in [-0.4, -0.2) is 13.4 Å². The van der Waals surface area contributed by atoms with Crippen molar-refractivity contribution in [1.29, 1.82) is 0 Å². The summed E-state index contributed by atoms with van der Waals surface area (Å²) >= 11 is 0. The van der Waals surface area contributed by atoms with Crippen LogP contribution in [0.5, 0.6) is 0 Å². The second-order valence-corrected chi connectivity index (χ2v) is 5.79. The average Bonchev–Trinajstić information content (AvgIpc) is 2.28. The zero-order chi connectivity index (χ0) is 13.2. The lowest BCUT2D eigenvalue weighted by Gasteiger charge is -2.05. The maximum atomic E-state index is 13.1. The van der Waals surface area contributed by atoms with Gasteiger partial charge < -0.3 is 5.73 Å². The molecule has 0 saturated heterocycles. The van der Waals surface area contributed by atoms with E-state index in [9.17, 15) is 12.8 Å². The molecule has 18 heavy (non-hydrogen) atoms. The summed E-state index contributed by atoms with van der Waals surface area (Å²) in [7, 11) is -3.64. The molecule has 2 aromatic rings. The molecule has 0 atom stereocenters. The number of pyridine rings is 1. The lowest BCUT2D eigenvalue weighted by molar-refractivity contribution is 0.589. The van der Waals surface area contributed by atoms with Crippen LogP contribution in [0.3, 0.4) is 0 Å². The van der Waals surface area contributed by atoms with Crippen molar-refractivity contribution in [1.82, 2.24) is 4.98 Å². The van der Waals surface area contributed by atoms with Gasteiger partial charge in [-0.15, -0.1) is 0 Å². The summed E-state index contributed by atoms with van der Waals surface area (Å²) < 4.78 is 37.2. The summed E-state index contributed by atoms with van der Waals surface area (Å²) in [6.45, 7) is 0. The summed E-state index contributed by atoms with van der Waals surface area (Å²) in [6, 6.07) is 8.24. The van der Waals surface area contributed by atoms with Crippen LogP contribution < -0.4 is 5.73 Å². The molecule has 0 aliphatic heterocycles. The summed E-state index contributed by atoms with van der Waals surface area (Å²) in [5, 5.41) is 0. The lowest BCUT2D eigenvalue weighted by atomic mass is 10.3. The fraction of sp³-hybridized carbons (Fsp3) is 0.0833. The number of nitrogens with zero attached hydrogens (tertiary/aromatic N) is 1. The molecule has 0 radical (unpaired) electrons. The van der Waals surface area contributed by atoms with Gasteiger partial charge in [0, 0.05) is 11.9 Å². The van der Waals surface area contributed by atoms with Crippen molar-refractivity contribution < 1.29 is 12.8 Å². The maximum Gasteiger partial charge on any atom is 0.184 e. The molecule has 1 heterocycles. The minimum Gasteiger partial charge on any atom is -0.399 e. The normalized spacial score (nSPS) is 11.4. The second-order valence-electron chi connectivity index (χ2n) is 3.80. The van der Waals surface area contributed by atoms with Crippen molar-refractivity contribution in [3.63, 3.8) is 0 Å². The molecule has 6 heteroatoms. The zero-order valence-electron chi connectivity index (χ0n) is 9.38. The van der Waals surface area contributed by atoms with Crippen LogP contribution in [0.25, 0.3) is 0 Å². The van der Waals surface area contributed by atoms with Gasteiger partial charge in [-0.1, -0.05) is 6.07 Å². The first-order valence-corrected chi connectivity index (χ1v) is 6.81. The zero-order valence-corrected chi connectivity index (χ0v) is 10.2. The van der Waals surface area contributed by atoms with Crippen LogP contribution in [0.15, 0.2) is 47.5 Å².